The first kappa shape index (κ1) is 21.1. The van der Waals surface area contributed by atoms with Gasteiger partial charge in [0.05, 0.1) is 0 Å². The molecule has 0 aliphatic rings. The van der Waals surface area contributed by atoms with Gasteiger partial charge in [-0.1, -0.05) is 38.3 Å². The zero-order chi connectivity index (χ0) is 19.9. The second-order valence-electron chi connectivity index (χ2n) is 6.29. The zero-order valence-electron chi connectivity index (χ0n) is 14.9. The third-order valence-corrected chi connectivity index (χ3v) is 4.27. The third-order valence-electron chi connectivity index (χ3n) is 4.27. The number of aliphatic hydroxyl groups is 1. The highest BCUT2D eigenvalue weighted by Gasteiger charge is 2.44. The molecule has 8 heteroatoms. The monoisotopic (exact) mass is 386 g/mol. The molecule has 0 aliphatic heterocycles. The van der Waals surface area contributed by atoms with Crippen LogP contribution in [0, 0.1) is 0 Å². The molecule has 1 atom stereocenters. The van der Waals surface area contributed by atoms with Crippen LogP contribution in [0.5, 0.6) is 5.75 Å². The Morgan fingerprint density at radius 3 is 2.19 bits per heavy atom. The van der Waals surface area contributed by atoms with Crippen molar-refractivity contribution in [3.05, 3.63) is 54.1 Å². The summed E-state index contributed by atoms with van der Waals surface area (Å²) >= 11 is 0. The summed E-state index contributed by atoms with van der Waals surface area (Å²) in [5.41, 5.74) is -0.534. The minimum atomic E-state index is -4.58. The van der Waals surface area contributed by atoms with Crippen molar-refractivity contribution in [1.82, 2.24) is 9.97 Å². The minimum Gasteiger partial charge on any atom is -0.428 e. The molecular formula is C19H22F4N2O2. The lowest BCUT2D eigenvalue weighted by Gasteiger charge is -2.29. The first-order valence-corrected chi connectivity index (χ1v) is 8.73. The molecule has 1 N–H and O–H groups in total. The molecule has 27 heavy (non-hydrogen) atoms. The normalized spacial score (nSPS) is 14.2. The van der Waals surface area contributed by atoms with E-state index in [1.54, 1.807) is 0 Å². The summed E-state index contributed by atoms with van der Waals surface area (Å²) in [5.74, 6) is -0.415. The SMILES string of the molecule is CCCCCCC(O)(c1ccc(OC(F)(F)C(F)F)cc1)c1cncnc1. The van der Waals surface area contributed by atoms with Crippen molar-refractivity contribution in [3.8, 4) is 5.75 Å². The van der Waals surface area contributed by atoms with Crippen LogP contribution in [0.25, 0.3) is 0 Å². The lowest BCUT2D eigenvalue weighted by molar-refractivity contribution is -0.253. The van der Waals surface area contributed by atoms with Gasteiger partial charge in [-0.05, 0) is 30.5 Å². The molecule has 1 aromatic heterocycles. The van der Waals surface area contributed by atoms with Crippen LogP contribution < -0.4 is 4.74 Å². The molecule has 0 saturated carbocycles. The molecule has 1 unspecified atom stereocenters. The first-order chi connectivity index (χ1) is 12.8. The summed E-state index contributed by atoms with van der Waals surface area (Å²) in [6.07, 6.45) is -0.0916. The summed E-state index contributed by atoms with van der Waals surface area (Å²) < 4.78 is 54.6. The van der Waals surface area contributed by atoms with Crippen molar-refractivity contribution < 1.29 is 27.4 Å². The van der Waals surface area contributed by atoms with Crippen molar-refractivity contribution in [3.63, 3.8) is 0 Å². The van der Waals surface area contributed by atoms with Gasteiger partial charge in [0.25, 0.3) is 0 Å². The van der Waals surface area contributed by atoms with Gasteiger partial charge >= 0.3 is 12.5 Å². The Bertz CT molecular complexity index is 699. The van der Waals surface area contributed by atoms with Gasteiger partial charge in [0.1, 0.15) is 17.7 Å². The highest BCUT2D eigenvalue weighted by Crippen LogP contribution is 2.36. The van der Waals surface area contributed by atoms with E-state index in [4.69, 9.17) is 0 Å². The number of nitrogens with zero attached hydrogens (tertiary/aromatic N) is 2. The third kappa shape index (κ3) is 5.38. The number of rotatable bonds is 10. The number of benzene rings is 1. The number of alkyl halides is 4. The predicted octanol–water partition coefficient (Wildman–Crippen LogP) is 4.92. The Morgan fingerprint density at radius 2 is 1.63 bits per heavy atom. The van der Waals surface area contributed by atoms with Gasteiger partial charge in [0.15, 0.2) is 0 Å². The van der Waals surface area contributed by atoms with Crippen molar-refractivity contribution in [2.24, 2.45) is 0 Å². The van der Waals surface area contributed by atoms with Crippen LogP contribution >= 0.6 is 0 Å². The van der Waals surface area contributed by atoms with Crippen LogP contribution in [0.4, 0.5) is 17.6 Å². The van der Waals surface area contributed by atoms with Crippen LogP contribution in [0.15, 0.2) is 43.0 Å². The van der Waals surface area contributed by atoms with E-state index in [2.05, 4.69) is 21.6 Å². The first-order valence-electron chi connectivity index (χ1n) is 8.73. The average molecular weight is 386 g/mol. The van der Waals surface area contributed by atoms with Crippen LogP contribution in [-0.4, -0.2) is 27.6 Å². The molecule has 2 rings (SSSR count). The number of ether oxygens (including phenoxy) is 1. The fourth-order valence-corrected chi connectivity index (χ4v) is 2.78. The number of aromatic nitrogens is 2. The highest BCUT2D eigenvalue weighted by molar-refractivity contribution is 5.37. The molecule has 1 heterocycles. The summed E-state index contributed by atoms with van der Waals surface area (Å²) in [7, 11) is 0. The van der Waals surface area contributed by atoms with E-state index in [9.17, 15) is 22.7 Å². The molecule has 2 aromatic rings. The molecule has 0 saturated heterocycles. The Kier molecular flexibility index (Phi) is 7.12. The van der Waals surface area contributed by atoms with Gasteiger partial charge in [-0.25, -0.2) is 9.97 Å². The quantitative estimate of drug-likeness (QED) is 0.465. The van der Waals surface area contributed by atoms with E-state index in [0.717, 1.165) is 37.8 Å². The smallest absolute Gasteiger partial charge is 0.428 e. The second kappa shape index (κ2) is 9.12. The van der Waals surface area contributed by atoms with E-state index in [-0.39, 0.29) is 0 Å². The summed E-state index contributed by atoms with van der Waals surface area (Å²) in [6.45, 7) is 2.07. The number of hydrogen-bond donors (Lipinski definition) is 1. The number of halogens is 4. The van der Waals surface area contributed by atoms with Crippen molar-refractivity contribution >= 4 is 0 Å². The van der Waals surface area contributed by atoms with Gasteiger partial charge in [-0.15, -0.1) is 0 Å². The predicted molar refractivity (Wildman–Crippen MR) is 91.8 cm³/mol. The molecule has 0 fully saturated rings. The Hall–Kier alpha value is -2.22. The molecule has 0 amide bonds. The topological polar surface area (TPSA) is 55.2 Å². The minimum absolute atomic E-state index is 0.383. The Labute approximate surface area is 155 Å². The molecule has 1 aromatic carbocycles. The maximum atomic E-state index is 13.0. The van der Waals surface area contributed by atoms with Crippen LogP contribution in [0.1, 0.15) is 50.2 Å². The molecule has 0 bridgehead atoms. The van der Waals surface area contributed by atoms with Gasteiger partial charge < -0.3 is 9.84 Å². The second-order valence-corrected chi connectivity index (χ2v) is 6.29. The van der Waals surface area contributed by atoms with Crippen LogP contribution in [-0.2, 0) is 5.60 Å². The van der Waals surface area contributed by atoms with E-state index < -0.39 is 23.9 Å². The molecule has 4 nitrogen and oxygen atoms in total. The van der Waals surface area contributed by atoms with Crippen molar-refractivity contribution in [2.45, 2.75) is 57.2 Å². The highest BCUT2D eigenvalue weighted by atomic mass is 19.3. The van der Waals surface area contributed by atoms with Gasteiger partial charge in [-0.2, -0.15) is 17.6 Å². The summed E-state index contributed by atoms with van der Waals surface area (Å²) in [6, 6.07) is 5.02. The molecule has 0 spiro atoms. The van der Waals surface area contributed by atoms with E-state index in [1.807, 2.05) is 0 Å². The van der Waals surface area contributed by atoms with Gasteiger partial charge in [-0.3, -0.25) is 0 Å². The standard InChI is InChI=1S/C19H22F4N2O2/c1-2-3-4-5-10-18(26,15-11-24-13-25-12-15)14-6-8-16(9-7-14)27-19(22,23)17(20)21/h6-9,11-13,17,26H,2-5,10H2,1H3. The summed E-state index contributed by atoms with van der Waals surface area (Å²) in [4.78, 5) is 7.86. The lowest BCUT2D eigenvalue weighted by Crippen LogP contribution is -2.33. The molecule has 0 aliphatic carbocycles. The molecule has 148 valence electrons. The van der Waals surface area contributed by atoms with Crippen molar-refractivity contribution in [2.75, 3.05) is 0 Å². The van der Waals surface area contributed by atoms with Crippen LogP contribution in [0.3, 0.4) is 0 Å². The summed E-state index contributed by atoms with van der Waals surface area (Å²) in [5, 5.41) is 11.3. The Morgan fingerprint density at radius 1 is 1.00 bits per heavy atom. The Balaban J connectivity index is 2.25. The average Bonchev–Trinajstić information content (AvgIpc) is 2.66. The maximum Gasteiger partial charge on any atom is 0.461 e. The molecule has 0 radical (unpaired) electrons. The van der Waals surface area contributed by atoms with Gasteiger partial charge in [0, 0.05) is 18.0 Å². The number of unbranched alkanes of at least 4 members (excludes halogenated alkanes) is 3. The van der Waals surface area contributed by atoms with Crippen molar-refractivity contribution in [1.29, 1.82) is 0 Å². The maximum absolute atomic E-state index is 13.0. The van der Waals surface area contributed by atoms with E-state index >= 15 is 0 Å². The zero-order valence-corrected chi connectivity index (χ0v) is 14.9. The fraction of sp³-hybridized carbons (Fsp3) is 0.474. The molecular weight excluding hydrogens is 364 g/mol. The lowest BCUT2D eigenvalue weighted by atomic mass is 9.83. The fourth-order valence-electron chi connectivity index (χ4n) is 2.78. The van der Waals surface area contributed by atoms with Crippen LogP contribution in [0.2, 0.25) is 0 Å². The van der Waals surface area contributed by atoms with Gasteiger partial charge in [0.2, 0.25) is 0 Å². The van der Waals surface area contributed by atoms with E-state index in [1.165, 1.54) is 30.9 Å². The largest absolute Gasteiger partial charge is 0.461 e. The van der Waals surface area contributed by atoms with E-state index in [0.29, 0.717) is 17.5 Å². The number of hydrogen-bond acceptors (Lipinski definition) is 4.